The van der Waals surface area contributed by atoms with Gasteiger partial charge < -0.3 is 4.90 Å². The van der Waals surface area contributed by atoms with Crippen LogP contribution in [0, 0.1) is 0 Å². The number of rotatable bonds is 8. The first kappa shape index (κ1) is 18.4. The van der Waals surface area contributed by atoms with Crippen LogP contribution in [0.3, 0.4) is 0 Å². The van der Waals surface area contributed by atoms with Gasteiger partial charge in [-0.25, -0.2) is 0 Å². The molecular weight excluding hydrogens is 364 g/mol. The molecule has 0 spiro atoms. The van der Waals surface area contributed by atoms with Crippen LogP contribution in [0.4, 0.5) is 0 Å². The van der Waals surface area contributed by atoms with Gasteiger partial charge in [0.2, 0.25) is 5.91 Å². The van der Waals surface area contributed by atoms with E-state index in [9.17, 15) is 4.79 Å². The monoisotopic (exact) mass is 384 g/mol. The standard InChI is InChI=1S/C19H20N4OS2/c1-3-10-23-18(16-7-5-4-6-8-16)20-21-19(23)26-14-17(24)22(2)12-15-9-11-25-13-15/h3-9,11,13H,1,10,12,14H2,2H3. The lowest BCUT2D eigenvalue weighted by molar-refractivity contribution is -0.127. The van der Waals surface area contributed by atoms with Gasteiger partial charge >= 0.3 is 0 Å². The van der Waals surface area contributed by atoms with E-state index in [1.807, 2.05) is 59.5 Å². The Kier molecular flexibility index (Phi) is 6.25. The quantitative estimate of drug-likeness (QED) is 0.436. The minimum atomic E-state index is 0.0654. The molecule has 134 valence electrons. The Labute approximate surface area is 161 Å². The molecule has 5 nitrogen and oxygen atoms in total. The normalized spacial score (nSPS) is 10.7. The molecule has 0 radical (unpaired) electrons. The molecule has 3 aromatic rings. The Morgan fingerprint density at radius 2 is 2.12 bits per heavy atom. The van der Waals surface area contributed by atoms with Crippen molar-refractivity contribution in [2.45, 2.75) is 18.2 Å². The van der Waals surface area contributed by atoms with Gasteiger partial charge in [-0.1, -0.05) is 48.2 Å². The van der Waals surface area contributed by atoms with Crippen molar-refractivity contribution in [3.05, 3.63) is 65.4 Å². The topological polar surface area (TPSA) is 51.0 Å². The first-order valence-corrected chi connectivity index (χ1v) is 10.1. The fourth-order valence-corrected chi connectivity index (χ4v) is 4.02. The summed E-state index contributed by atoms with van der Waals surface area (Å²) in [6.45, 7) is 5.04. The number of aromatic nitrogens is 3. The number of thioether (sulfide) groups is 1. The van der Waals surface area contributed by atoms with Crippen LogP contribution in [0.2, 0.25) is 0 Å². The molecule has 2 heterocycles. The highest BCUT2D eigenvalue weighted by atomic mass is 32.2. The number of carbonyl (C=O) groups is 1. The molecule has 1 aromatic carbocycles. The number of amides is 1. The summed E-state index contributed by atoms with van der Waals surface area (Å²) in [7, 11) is 1.82. The van der Waals surface area contributed by atoms with Crippen molar-refractivity contribution in [2.75, 3.05) is 12.8 Å². The molecule has 0 aliphatic rings. The molecule has 0 saturated carbocycles. The summed E-state index contributed by atoms with van der Waals surface area (Å²) in [5, 5.41) is 13.4. The number of allylic oxidation sites excluding steroid dienone is 1. The van der Waals surface area contributed by atoms with Gasteiger partial charge in [0.25, 0.3) is 0 Å². The maximum absolute atomic E-state index is 12.4. The molecule has 0 N–H and O–H groups in total. The van der Waals surface area contributed by atoms with E-state index in [1.54, 1.807) is 16.2 Å². The lowest BCUT2D eigenvalue weighted by atomic mass is 10.2. The van der Waals surface area contributed by atoms with E-state index in [1.165, 1.54) is 11.8 Å². The fourth-order valence-electron chi connectivity index (χ4n) is 2.47. The van der Waals surface area contributed by atoms with Crippen molar-refractivity contribution in [3.63, 3.8) is 0 Å². The van der Waals surface area contributed by atoms with Crippen LogP contribution in [0.1, 0.15) is 5.56 Å². The Balaban J connectivity index is 1.68. The zero-order chi connectivity index (χ0) is 18.4. The third kappa shape index (κ3) is 4.42. The van der Waals surface area contributed by atoms with Crippen LogP contribution < -0.4 is 0 Å². The highest BCUT2D eigenvalue weighted by Gasteiger charge is 2.16. The Morgan fingerprint density at radius 3 is 2.81 bits per heavy atom. The summed E-state index contributed by atoms with van der Waals surface area (Å²) in [4.78, 5) is 14.2. The van der Waals surface area contributed by atoms with E-state index in [4.69, 9.17) is 0 Å². The fraction of sp³-hybridized carbons (Fsp3) is 0.211. The molecule has 2 aromatic heterocycles. The molecule has 0 fully saturated rings. The predicted octanol–water partition coefficient (Wildman–Crippen LogP) is 3.94. The maximum atomic E-state index is 12.4. The summed E-state index contributed by atoms with van der Waals surface area (Å²) in [6, 6.07) is 11.9. The van der Waals surface area contributed by atoms with Crippen molar-refractivity contribution >= 4 is 29.0 Å². The summed E-state index contributed by atoms with van der Waals surface area (Å²) in [5.74, 6) is 1.17. The molecule has 1 amide bonds. The summed E-state index contributed by atoms with van der Waals surface area (Å²) >= 11 is 3.04. The molecule has 26 heavy (non-hydrogen) atoms. The highest BCUT2D eigenvalue weighted by Crippen LogP contribution is 2.24. The van der Waals surface area contributed by atoms with Crippen LogP contribution in [-0.4, -0.2) is 38.4 Å². The van der Waals surface area contributed by atoms with Crippen LogP contribution >= 0.6 is 23.1 Å². The summed E-state index contributed by atoms with van der Waals surface area (Å²) in [5.41, 5.74) is 2.15. The number of hydrogen-bond acceptors (Lipinski definition) is 5. The number of benzene rings is 1. The Bertz CT molecular complexity index is 859. The van der Waals surface area contributed by atoms with Crippen molar-refractivity contribution in [2.24, 2.45) is 0 Å². The van der Waals surface area contributed by atoms with E-state index in [0.717, 1.165) is 22.1 Å². The second-order valence-electron chi connectivity index (χ2n) is 5.74. The van der Waals surface area contributed by atoms with Gasteiger partial charge in [0.1, 0.15) is 0 Å². The van der Waals surface area contributed by atoms with E-state index < -0.39 is 0 Å². The van der Waals surface area contributed by atoms with E-state index in [2.05, 4.69) is 22.2 Å². The van der Waals surface area contributed by atoms with E-state index >= 15 is 0 Å². The van der Waals surface area contributed by atoms with Gasteiger partial charge in [-0.05, 0) is 22.4 Å². The summed E-state index contributed by atoms with van der Waals surface area (Å²) < 4.78 is 1.99. The SMILES string of the molecule is C=CCn1c(SCC(=O)N(C)Cc2ccsc2)nnc1-c1ccccc1. The van der Waals surface area contributed by atoms with Gasteiger partial charge in [0, 0.05) is 25.7 Å². The molecule has 0 saturated heterocycles. The average Bonchev–Trinajstić information content (AvgIpc) is 3.31. The highest BCUT2D eigenvalue weighted by molar-refractivity contribution is 7.99. The third-order valence-electron chi connectivity index (χ3n) is 3.81. The van der Waals surface area contributed by atoms with Crippen LogP contribution in [0.25, 0.3) is 11.4 Å². The molecule has 0 bridgehead atoms. The number of thiophene rings is 1. The minimum Gasteiger partial charge on any atom is -0.341 e. The Hall–Kier alpha value is -2.38. The van der Waals surface area contributed by atoms with Crippen molar-refractivity contribution in [3.8, 4) is 11.4 Å². The number of hydrogen-bond donors (Lipinski definition) is 0. The lowest BCUT2D eigenvalue weighted by Crippen LogP contribution is -2.27. The van der Waals surface area contributed by atoms with Gasteiger partial charge in [-0.2, -0.15) is 11.3 Å². The minimum absolute atomic E-state index is 0.0654. The van der Waals surface area contributed by atoms with E-state index in [0.29, 0.717) is 18.8 Å². The molecule has 3 rings (SSSR count). The smallest absolute Gasteiger partial charge is 0.233 e. The van der Waals surface area contributed by atoms with Crippen LogP contribution in [-0.2, 0) is 17.9 Å². The average molecular weight is 385 g/mol. The lowest BCUT2D eigenvalue weighted by Gasteiger charge is -2.16. The van der Waals surface area contributed by atoms with E-state index in [-0.39, 0.29) is 5.91 Å². The first-order valence-electron chi connectivity index (χ1n) is 8.16. The first-order chi connectivity index (χ1) is 12.7. The van der Waals surface area contributed by atoms with Gasteiger partial charge in [-0.15, -0.1) is 16.8 Å². The zero-order valence-electron chi connectivity index (χ0n) is 14.5. The van der Waals surface area contributed by atoms with Crippen molar-refractivity contribution < 1.29 is 4.79 Å². The number of nitrogens with zero attached hydrogens (tertiary/aromatic N) is 4. The molecule has 0 aliphatic heterocycles. The summed E-state index contributed by atoms with van der Waals surface area (Å²) in [6.07, 6.45) is 1.81. The maximum Gasteiger partial charge on any atom is 0.233 e. The molecule has 0 aliphatic carbocycles. The molecule has 0 unspecified atom stereocenters. The predicted molar refractivity (Wildman–Crippen MR) is 107 cm³/mol. The van der Waals surface area contributed by atoms with Crippen LogP contribution in [0.15, 0.2) is 65.0 Å². The van der Waals surface area contributed by atoms with Gasteiger partial charge in [0.05, 0.1) is 5.75 Å². The second kappa shape index (κ2) is 8.82. The third-order valence-corrected chi connectivity index (χ3v) is 5.49. The molecular formula is C19H20N4OS2. The van der Waals surface area contributed by atoms with Gasteiger partial charge in [-0.3, -0.25) is 9.36 Å². The second-order valence-corrected chi connectivity index (χ2v) is 7.46. The molecule has 7 heteroatoms. The van der Waals surface area contributed by atoms with Gasteiger partial charge in [0.15, 0.2) is 11.0 Å². The Morgan fingerprint density at radius 1 is 1.31 bits per heavy atom. The van der Waals surface area contributed by atoms with Crippen molar-refractivity contribution in [1.82, 2.24) is 19.7 Å². The van der Waals surface area contributed by atoms with Crippen LogP contribution in [0.5, 0.6) is 0 Å². The number of carbonyl (C=O) groups excluding carboxylic acids is 1. The largest absolute Gasteiger partial charge is 0.341 e. The van der Waals surface area contributed by atoms with Crippen molar-refractivity contribution in [1.29, 1.82) is 0 Å². The zero-order valence-corrected chi connectivity index (χ0v) is 16.2. The molecule has 0 atom stereocenters.